The quantitative estimate of drug-likeness (QED) is 0.621. The van der Waals surface area contributed by atoms with E-state index < -0.39 is 0 Å². The molecule has 0 aliphatic heterocycles. The molecular weight excluding hydrogens is 276 g/mol. The number of carbonyl (C=O) groups is 1. The lowest BCUT2D eigenvalue weighted by atomic mass is 9.95. The second kappa shape index (κ2) is 8.71. The topological polar surface area (TPSA) is 59.8 Å². The Kier molecular flexibility index (Phi) is 6.62. The van der Waals surface area contributed by atoms with Crippen LogP contribution < -0.4 is 5.32 Å². The predicted octanol–water partition coefficient (Wildman–Crippen LogP) is 3.28. The number of nitrogens with one attached hydrogen (secondary N) is 1. The zero-order valence-electron chi connectivity index (χ0n) is 13.8. The number of unbranched alkanes of at least 4 members (excludes halogenated alkanes) is 1. The molecule has 1 aliphatic carbocycles. The van der Waals surface area contributed by atoms with E-state index in [2.05, 4.69) is 34.2 Å². The van der Waals surface area contributed by atoms with Gasteiger partial charge >= 0.3 is 0 Å². The number of nitrogens with zero attached hydrogens (tertiary/aromatic N) is 3. The van der Waals surface area contributed by atoms with E-state index in [-0.39, 0.29) is 5.91 Å². The number of carbonyl (C=O) groups excluding carboxylic acids is 1. The summed E-state index contributed by atoms with van der Waals surface area (Å²) in [7, 11) is 0. The van der Waals surface area contributed by atoms with E-state index in [1.54, 1.807) is 12.2 Å². The van der Waals surface area contributed by atoms with Gasteiger partial charge in [-0.15, -0.1) is 5.10 Å². The number of hydrogen-bond acceptors (Lipinski definition) is 3. The van der Waals surface area contributed by atoms with Crippen molar-refractivity contribution in [3.63, 3.8) is 0 Å². The summed E-state index contributed by atoms with van der Waals surface area (Å²) >= 11 is 0. The molecule has 2 rings (SSSR count). The first-order chi connectivity index (χ1) is 10.8. The molecule has 1 aliphatic rings. The Hall–Kier alpha value is -1.65. The lowest BCUT2D eigenvalue weighted by molar-refractivity contribution is -0.116. The Bertz CT molecular complexity index is 501. The van der Waals surface area contributed by atoms with Gasteiger partial charge in [0, 0.05) is 12.6 Å². The molecule has 0 aromatic carbocycles. The van der Waals surface area contributed by atoms with Crippen LogP contribution in [-0.4, -0.2) is 27.4 Å². The van der Waals surface area contributed by atoms with E-state index in [1.807, 2.05) is 0 Å². The van der Waals surface area contributed by atoms with Crippen LogP contribution in [-0.2, 0) is 11.2 Å². The molecule has 0 unspecified atom stereocenters. The summed E-state index contributed by atoms with van der Waals surface area (Å²) in [5.41, 5.74) is 1.98. The summed E-state index contributed by atoms with van der Waals surface area (Å²) in [5.74, 6) is -0.0530. The van der Waals surface area contributed by atoms with E-state index in [0.717, 1.165) is 37.2 Å². The van der Waals surface area contributed by atoms with Crippen LogP contribution in [0.2, 0.25) is 0 Å². The first kappa shape index (κ1) is 16.7. The number of rotatable bonds is 7. The molecule has 1 aromatic heterocycles. The van der Waals surface area contributed by atoms with Crippen LogP contribution in [0, 0.1) is 0 Å². The van der Waals surface area contributed by atoms with Crippen LogP contribution in [0.4, 0.5) is 0 Å². The van der Waals surface area contributed by atoms with Gasteiger partial charge in [0.1, 0.15) is 5.69 Å². The van der Waals surface area contributed by atoms with E-state index in [9.17, 15) is 4.79 Å². The summed E-state index contributed by atoms with van der Waals surface area (Å²) in [6, 6.07) is 0.483. The largest absolute Gasteiger partial charge is 0.353 e. The first-order valence-electron chi connectivity index (χ1n) is 8.66. The van der Waals surface area contributed by atoms with Crippen LogP contribution in [0.25, 0.3) is 6.08 Å². The highest BCUT2D eigenvalue weighted by molar-refractivity contribution is 5.91. The highest BCUT2D eigenvalue weighted by Gasteiger charge is 2.20. The van der Waals surface area contributed by atoms with Gasteiger partial charge in [0.2, 0.25) is 5.91 Å². The molecule has 0 atom stereocenters. The third-order valence-electron chi connectivity index (χ3n) is 4.30. The van der Waals surface area contributed by atoms with Crippen LogP contribution in [0.1, 0.15) is 76.2 Å². The maximum absolute atomic E-state index is 11.7. The summed E-state index contributed by atoms with van der Waals surface area (Å²) in [5, 5.41) is 11.5. The molecule has 0 radical (unpaired) electrons. The van der Waals surface area contributed by atoms with E-state index in [1.165, 1.54) is 32.1 Å². The Labute approximate surface area is 133 Å². The summed E-state index contributed by atoms with van der Waals surface area (Å²) in [6.45, 7) is 4.96. The lowest BCUT2D eigenvalue weighted by Crippen LogP contribution is -2.21. The standard InChI is InChI=1S/C17H28N4O/c1-3-5-13-18-17(22)12-11-15-16(4-2)21(20-19-15)14-9-7-6-8-10-14/h11-12,14H,3-10,13H2,1-2H3,(H,18,22)/b12-11-. The van der Waals surface area contributed by atoms with Crippen molar-refractivity contribution in [2.45, 2.75) is 71.3 Å². The zero-order chi connectivity index (χ0) is 15.8. The molecule has 5 heteroatoms. The molecule has 1 heterocycles. The smallest absolute Gasteiger partial charge is 0.244 e. The number of hydrogen-bond donors (Lipinski definition) is 1. The molecule has 5 nitrogen and oxygen atoms in total. The average molecular weight is 304 g/mol. The molecule has 0 bridgehead atoms. The first-order valence-corrected chi connectivity index (χ1v) is 8.66. The van der Waals surface area contributed by atoms with Crippen molar-refractivity contribution >= 4 is 12.0 Å². The zero-order valence-corrected chi connectivity index (χ0v) is 13.8. The third kappa shape index (κ3) is 4.42. The third-order valence-corrected chi connectivity index (χ3v) is 4.30. The van der Waals surface area contributed by atoms with Crippen molar-refractivity contribution in [2.75, 3.05) is 6.54 Å². The van der Waals surface area contributed by atoms with E-state index in [0.29, 0.717) is 6.04 Å². The van der Waals surface area contributed by atoms with Gasteiger partial charge < -0.3 is 5.32 Å². The molecule has 22 heavy (non-hydrogen) atoms. The molecule has 1 amide bonds. The Morgan fingerprint density at radius 3 is 2.77 bits per heavy atom. The normalized spacial score (nSPS) is 16.3. The number of amides is 1. The van der Waals surface area contributed by atoms with Crippen molar-refractivity contribution in [3.8, 4) is 0 Å². The summed E-state index contributed by atoms with van der Waals surface area (Å²) < 4.78 is 2.09. The molecular formula is C17H28N4O. The van der Waals surface area contributed by atoms with Crippen molar-refractivity contribution < 1.29 is 4.79 Å². The molecule has 1 saturated carbocycles. The van der Waals surface area contributed by atoms with Crippen LogP contribution in [0.3, 0.4) is 0 Å². The summed E-state index contributed by atoms with van der Waals surface area (Å²) in [4.78, 5) is 11.7. The van der Waals surface area contributed by atoms with E-state index >= 15 is 0 Å². The highest BCUT2D eigenvalue weighted by Crippen LogP contribution is 2.29. The maximum atomic E-state index is 11.7. The van der Waals surface area contributed by atoms with Gasteiger partial charge in [-0.3, -0.25) is 4.79 Å². The lowest BCUT2D eigenvalue weighted by Gasteiger charge is -2.23. The van der Waals surface area contributed by atoms with Crippen molar-refractivity contribution in [2.24, 2.45) is 0 Å². The van der Waals surface area contributed by atoms with Gasteiger partial charge in [-0.1, -0.05) is 44.7 Å². The maximum Gasteiger partial charge on any atom is 0.244 e. The fourth-order valence-corrected chi connectivity index (χ4v) is 3.02. The van der Waals surface area contributed by atoms with Crippen molar-refractivity contribution in [1.82, 2.24) is 20.3 Å². The second-order valence-corrected chi connectivity index (χ2v) is 5.99. The average Bonchev–Trinajstić information content (AvgIpc) is 2.97. The predicted molar refractivity (Wildman–Crippen MR) is 88.5 cm³/mol. The van der Waals surface area contributed by atoms with Gasteiger partial charge in [0.05, 0.1) is 11.7 Å². The van der Waals surface area contributed by atoms with Gasteiger partial charge in [-0.2, -0.15) is 0 Å². The SMILES string of the molecule is CCCCNC(=O)/C=C\c1nnn(C2CCCCC2)c1CC. The minimum atomic E-state index is -0.0530. The summed E-state index contributed by atoms with van der Waals surface area (Å²) in [6.07, 6.45) is 12.6. The molecule has 0 saturated heterocycles. The second-order valence-electron chi connectivity index (χ2n) is 5.99. The molecule has 0 spiro atoms. The fraction of sp³-hybridized carbons (Fsp3) is 0.706. The van der Waals surface area contributed by atoms with Gasteiger partial charge in [-0.25, -0.2) is 4.68 Å². The highest BCUT2D eigenvalue weighted by atomic mass is 16.1. The molecule has 122 valence electrons. The minimum absolute atomic E-state index is 0.0530. The Balaban J connectivity index is 2.01. The van der Waals surface area contributed by atoms with Crippen LogP contribution >= 0.6 is 0 Å². The molecule has 1 N–H and O–H groups in total. The van der Waals surface area contributed by atoms with Crippen LogP contribution in [0.5, 0.6) is 0 Å². The monoisotopic (exact) mass is 304 g/mol. The van der Waals surface area contributed by atoms with Crippen molar-refractivity contribution in [3.05, 3.63) is 17.5 Å². The van der Waals surface area contributed by atoms with Gasteiger partial charge in [0.25, 0.3) is 0 Å². The molecule has 1 aromatic rings. The van der Waals surface area contributed by atoms with Gasteiger partial charge in [0.15, 0.2) is 0 Å². The fourth-order valence-electron chi connectivity index (χ4n) is 3.02. The Morgan fingerprint density at radius 2 is 2.09 bits per heavy atom. The number of aromatic nitrogens is 3. The Morgan fingerprint density at radius 1 is 1.32 bits per heavy atom. The molecule has 1 fully saturated rings. The van der Waals surface area contributed by atoms with Crippen LogP contribution in [0.15, 0.2) is 6.08 Å². The minimum Gasteiger partial charge on any atom is -0.353 e. The van der Waals surface area contributed by atoms with E-state index in [4.69, 9.17) is 0 Å². The van der Waals surface area contributed by atoms with Crippen molar-refractivity contribution in [1.29, 1.82) is 0 Å². The van der Waals surface area contributed by atoms with Gasteiger partial charge in [-0.05, 0) is 31.8 Å².